The van der Waals surface area contributed by atoms with Crippen LogP contribution in [-0.4, -0.2) is 41.9 Å². The smallest absolute Gasteiger partial charge is 0.314 e. The minimum atomic E-state index is -0.0934. The fraction of sp³-hybridized carbons (Fsp3) is 0.529. The van der Waals surface area contributed by atoms with E-state index in [-0.39, 0.29) is 6.03 Å². The summed E-state index contributed by atoms with van der Waals surface area (Å²) in [5, 5.41) is 5.82. The van der Waals surface area contributed by atoms with Gasteiger partial charge in [-0.3, -0.25) is 0 Å². The van der Waals surface area contributed by atoms with Gasteiger partial charge in [-0.05, 0) is 31.9 Å². The molecule has 0 aliphatic carbocycles. The van der Waals surface area contributed by atoms with Crippen LogP contribution in [0.3, 0.4) is 0 Å². The molecule has 2 aromatic rings. The molecular weight excluding hydrogens is 292 g/mol. The number of hydrogen-bond acceptors (Lipinski definition) is 3. The van der Waals surface area contributed by atoms with Crippen molar-refractivity contribution in [2.75, 3.05) is 26.3 Å². The Labute approximate surface area is 136 Å². The van der Waals surface area contributed by atoms with Crippen molar-refractivity contribution in [3.05, 3.63) is 30.1 Å². The van der Waals surface area contributed by atoms with E-state index in [1.807, 2.05) is 25.1 Å². The van der Waals surface area contributed by atoms with Gasteiger partial charge in [0.25, 0.3) is 0 Å². The van der Waals surface area contributed by atoms with Gasteiger partial charge in [-0.1, -0.05) is 12.1 Å². The Bertz CT molecular complexity index is 662. The monoisotopic (exact) mass is 316 g/mol. The van der Waals surface area contributed by atoms with Gasteiger partial charge in [0.2, 0.25) is 0 Å². The first-order valence-corrected chi connectivity index (χ1v) is 8.25. The van der Waals surface area contributed by atoms with E-state index in [4.69, 9.17) is 4.74 Å². The molecule has 1 aromatic carbocycles. The number of nitrogens with zero attached hydrogens (tertiary/aromatic N) is 2. The molecule has 0 spiro atoms. The fourth-order valence-corrected chi connectivity index (χ4v) is 2.96. The SMILES string of the molecule is Cc1nc2ccccc2n1CCCNC(=O)NCC1CCOC1. The second-order valence-electron chi connectivity index (χ2n) is 6.02. The second-order valence-corrected chi connectivity index (χ2v) is 6.02. The Morgan fingerprint density at radius 2 is 2.26 bits per heavy atom. The zero-order valence-electron chi connectivity index (χ0n) is 13.5. The predicted octanol–water partition coefficient (Wildman–Crippen LogP) is 2.07. The summed E-state index contributed by atoms with van der Waals surface area (Å²) in [6.45, 7) is 5.78. The molecule has 0 bridgehead atoms. The molecule has 1 unspecified atom stereocenters. The molecule has 1 aliphatic heterocycles. The van der Waals surface area contributed by atoms with Crippen LogP contribution in [0.15, 0.2) is 24.3 Å². The van der Waals surface area contributed by atoms with Gasteiger partial charge in [-0.2, -0.15) is 0 Å². The fourth-order valence-electron chi connectivity index (χ4n) is 2.96. The van der Waals surface area contributed by atoms with E-state index in [9.17, 15) is 4.79 Å². The number of benzene rings is 1. The van der Waals surface area contributed by atoms with Crippen LogP contribution in [-0.2, 0) is 11.3 Å². The molecule has 23 heavy (non-hydrogen) atoms. The number of urea groups is 1. The van der Waals surface area contributed by atoms with Crippen molar-refractivity contribution in [3.8, 4) is 0 Å². The number of nitrogens with one attached hydrogen (secondary N) is 2. The van der Waals surface area contributed by atoms with Gasteiger partial charge in [0.15, 0.2) is 0 Å². The number of amides is 2. The summed E-state index contributed by atoms with van der Waals surface area (Å²) >= 11 is 0. The Kier molecular flexibility index (Phi) is 5.12. The normalized spacial score (nSPS) is 17.5. The lowest BCUT2D eigenvalue weighted by Crippen LogP contribution is -2.39. The lowest BCUT2D eigenvalue weighted by molar-refractivity contribution is 0.185. The number of hydrogen-bond donors (Lipinski definition) is 2. The zero-order chi connectivity index (χ0) is 16.1. The van der Waals surface area contributed by atoms with Crippen LogP contribution < -0.4 is 10.6 Å². The highest BCUT2D eigenvalue weighted by atomic mass is 16.5. The molecule has 2 N–H and O–H groups in total. The number of para-hydroxylation sites is 2. The van der Waals surface area contributed by atoms with Crippen LogP contribution in [0.1, 0.15) is 18.7 Å². The quantitative estimate of drug-likeness (QED) is 0.802. The first-order chi connectivity index (χ1) is 11.2. The maximum atomic E-state index is 11.8. The van der Waals surface area contributed by atoms with Crippen molar-refractivity contribution in [3.63, 3.8) is 0 Å². The number of fused-ring (bicyclic) bond motifs is 1. The van der Waals surface area contributed by atoms with Crippen LogP contribution in [0, 0.1) is 12.8 Å². The Morgan fingerprint density at radius 1 is 1.39 bits per heavy atom. The standard InChI is InChI=1S/C17H24N4O2/c1-13-20-15-5-2-3-6-16(15)21(13)9-4-8-18-17(22)19-11-14-7-10-23-12-14/h2-3,5-6,14H,4,7-12H2,1H3,(H2,18,19,22). The highest BCUT2D eigenvalue weighted by Crippen LogP contribution is 2.15. The van der Waals surface area contributed by atoms with E-state index in [1.54, 1.807) is 0 Å². The van der Waals surface area contributed by atoms with Gasteiger partial charge in [-0.15, -0.1) is 0 Å². The van der Waals surface area contributed by atoms with Gasteiger partial charge in [-0.25, -0.2) is 9.78 Å². The largest absolute Gasteiger partial charge is 0.381 e. The molecule has 1 fully saturated rings. The van der Waals surface area contributed by atoms with Crippen molar-refractivity contribution in [1.82, 2.24) is 20.2 Å². The number of carbonyl (C=O) groups excluding carboxylic acids is 1. The average Bonchev–Trinajstić information content (AvgIpc) is 3.17. The van der Waals surface area contributed by atoms with E-state index in [2.05, 4.69) is 26.3 Å². The summed E-state index contributed by atoms with van der Waals surface area (Å²) in [6.07, 6.45) is 1.91. The molecule has 1 atom stereocenters. The summed E-state index contributed by atoms with van der Waals surface area (Å²) in [5.74, 6) is 1.47. The third kappa shape index (κ3) is 4.01. The van der Waals surface area contributed by atoms with Gasteiger partial charge < -0.3 is 19.9 Å². The summed E-state index contributed by atoms with van der Waals surface area (Å²) in [7, 11) is 0. The van der Waals surface area contributed by atoms with Crippen molar-refractivity contribution in [1.29, 1.82) is 0 Å². The predicted molar refractivity (Wildman–Crippen MR) is 89.4 cm³/mol. The van der Waals surface area contributed by atoms with Gasteiger partial charge in [0.1, 0.15) is 5.82 Å². The minimum Gasteiger partial charge on any atom is -0.381 e. The Balaban J connectivity index is 1.40. The van der Waals surface area contributed by atoms with E-state index in [0.29, 0.717) is 19.0 Å². The molecule has 0 radical (unpaired) electrons. The summed E-state index contributed by atoms with van der Waals surface area (Å²) in [5.41, 5.74) is 2.17. The van der Waals surface area contributed by atoms with Crippen LogP contribution in [0.25, 0.3) is 11.0 Å². The Morgan fingerprint density at radius 3 is 3.09 bits per heavy atom. The summed E-state index contributed by atoms with van der Waals surface area (Å²) in [4.78, 5) is 16.3. The molecule has 124 valence electrons. The van der Waals surface area contributed by atoms with E-state index in [1.165, 1.54) is 0 Å². The molecule has 6 nitrogen and oxygen atoms in total. The first kappa shape index (κ1) is 15.8. The van der Waals surface area contributed by atoms with Gasteiger partial charge in [0.05, 0.1) is 17.6 Å². The highest BCUT2D eigenvalue weighted by Gasteiger charge is 2.16. The molecule has 1 saturated heterocycles. The van der Waals surface area contributed by atoms with E-state index in [0.717, 1.165) is 49.5 Å². The molecule has 3 rings (SSSR count). The second kappa shape index (κ2) is 7.46. The minimum absolute atomic E-state index is 0.0934. The summed E-state index contributed by atoms with van der Waals surface area (Å²) in [6, 6.07) is 8.04. The molecule has 0 saturated carbocycles. The van der Waals surface area contributed by atoms with Crippen LogP contribution in [0.5, 0.6) is 0 Å². The number of ether oxygens (including phenoxy) is 1. The molecule has 2 amide bonds. The molecule has 1 aliphatic rings. The van der Waals surface area contributed by atoms with Crippen molar-refractivity contribution in [2.24, 2.45) is 5.92 Å². The average molecular weight is 316 g/mol. The topological polar surface area (TPSA) is 68.2 Å². The molecule has 6 heteroatoms. The Hall–Kier alpha value is -2.08. The van der Waals surface area contributed by atoms with Crippen molar-refractivity contribution in [2.45, 2.75) is 26.3 Å². The molecular formula is C17H24N4O2. The molecule has 2 heterocycles. The van der Waals surface area contributed by atoms with Crippen LogP contribution >= 0.6 is 0 Å². The summed E-state index contributed by atoms with van der Waals surface area (Å²) < 4.78 is 7.49. The van der Waals surface area contributed by atoms with Crippen molar-refractivity contribution < 1.29 is 9.53 Å². The number of carbonyl (C=O) groups is 1. The van der Waals surface area contributed by atoms with E-state index >= 15 is 0 Å². The lowest BCUT2D eigenvalue weighted by atomic mass is 10.1. The molecule has 1 aromatic heterocycles. The zero-order valence-corrected chi connectivity index (χ0v) is 13.5. The number of imidazole rings is 1. The number of rotatable bonds is 6. The van der Waals surface area contributed by atoms with Crippen LogP contribution in [0.2, 0.25) is 0 Å². The number of aryl methyl sites for hydroxylation is 2. The third-order valence-corrected chi connectivity index (χ3v) is 4.26. The maximum absolute atomic E-state index is 11.8. The highest BCUT2D eigenvalue weighted by molar-refractivity contribution is 5.76. The maximum Gasteiger partial charge on any atom is 0.314 e. The lowest BCUT2D eigenvalue weighted by Gasteiger charge is -2.11. The van der Waals surface area contributed by atoms with Crippen LogP contribution in [0.4, 0.5) is 4.79 Å². The van der Waals surface area contributed by atoms with E-state index < -0.39 is 0 Å². The first-order valence-electron chi connectivity index (χ1n) is 8.25. The third-order valence-electron chi connectivity index (χ3n) is 4.26. The van der Waals surface area contributed by atoms with Gasteiger partial charge >= 0.3 is 6.03 Å². The number of aromatic nitrogens is 2. The van der Waals surface area contributed by atoms with Gasteiger partial charge in [0, 0.05) is 32.2 Å². The van der Waals surface area contributed by atoms with Crippen molar-refractivity contribution >= 4 is 17.1 Å².